The average molecular weight is 211 g/mol. The Balaban J connectivity index is 0.000000181. The highest BCUT2D eigenvalue weighted by molar-refractivity contribution is 5.63. The van der Waals surface area contributed by atoms with E-state index in [1.165, 1.54) is 11.1 Å². The molecule has 1 aliphatic carbocycles. The SMILES string of the molecule is C=C(C)c1ccccc1C.[CH]1C=CC=CC1. The second-order valence-electron chi connectivity index (χ2n) is 3.88. The molecule has 0 N–H and O–H groups in total. The van der Waals surface area contributed by atoms with Gasteiger partial charge in [-0.3, -0.25) is 0 Å². The van der Waals surface area contributed by atoms with Crippen LogP contribution < -0.4 is 0 Å². The highest BCUT2D eigenvalue weighted by Crippen LogP contribution is 2.14. The van der Waals surface area contributed by atoms with Crippen LogP contribution in [0.25, 0.3) is 5.57 Å². The van der Waals surface area contributed by atoms with E-state index < -0.39 is 0 Å². The fourth-order valence-corrected chi connectivity index (χ4v) is 1.51. The molecule has 0 fully saturated rings. The first-order chi connectivity index (χ1) is 7.72. The largest absolute Gasteiger partial charge is 0.0955 e. The van der Waals surface area contributed by atoms with Gasteiger partial charge in [0.2, 0.25) is 0 Å². The lowest BCUT2D eigenvalue weighted by Crippen LogP contribution is -1.81. The quantitative estimate of drug-likeness (QED) is 0.629. The minimum atomic E-state index is 1.11. The first-order valence-corrected chi connectivity index (χ1v) is 5.58. The van der Waals surface area contributed by atoms with Crippen LogP contribution in [0.1, 0.15) is 24.5 Å². The van der Waals surface area contributed by atoms with Gasteiger partial charge in [0.25, 0.3) is 0 Å². The van der Waals surface area contributed by atoms with Gasteiger partial charge in [-0.2, -0.15) is 0 Å². The maximum absolute atomic E-state index is 3.89. The van der Waals surface area contributed by atoms with Crippen LogP contribution in [-0.4, -0.2) is 0 Å². The fraction of sp³-hybridized carbons (Fsp3) is 0.188. The summed E-state index contributed by atoms with van der Waals surface area (Å²) in [6.45, 7) is 8.02. The second kappa shape index (κ2) is 6.84. The van der Waals surface area contributed by atoms with Crippen molar-refractivity contribution in [3.8, 4) is 0 Å². The molecule has 0 saturated heterocycles. The van der Waals surface area contributed by atoms with Crippen molar-refractivity contribution < 1.29 is 0 Å². The van der Waals surface area contributed by atoms with Gasteiger partial charge in [0, 0.05) is 0 Å². The predicted molar refractivity (Wildman–Crippen MR) is 73.1 cm³/mol. The summed E-state index contributed by atoms with van der Waals surface area (Å²) in [5.74, 6) is 0. The summed E-state index contributed by atoms with van der Waals surface area (Å²) in [5.41, 5.74) is 3.70. The summed E-state index contributed by atoms with van der Waals surface area (Å²) in [6, 6.07) is 8.28. The summed E-state index contributed by atoms with van der Waals surface area (Å²) in [5, 5.41) is 0. The molecule has 0 nitrogen and oxygen atoms in total. The lowest BCUT2D eigenvalue weighted by Gasteiger charge is -2.02. The van der Waals surface area contributed by atoms with Gasteiger partial charge in [-0.15, -0.1) is 0 Å². The Labute approximate surface area is 99.0 Å². The van der Waals surface area contributed by atoms with Crippen molar-refractivity contribution in [3.63, 3.8) is 0 Å². The predicted octanol–water partition coefficient (Wildman–Crippen LogP) is 4.73. The average Bonchev–Trinajstić information content (AvgIpc) is 2.32. The van der Waals surface area contributed by atoms with Crippen LogP contribution in [0.3, 0.4) is 0 Å². The van der Waals surface area contributed by atoms with Crippen LogP contribution in [-0.2, 0) is 0 Å². The summed E-state index contributed by atoms with van der Waals surface area (Å²) < 4.78 is 0. The Bertz CT molecular complexity index is 382. The van der Waals surface area contributed by atoms with Crippen LogP contribution in [0.2, 0.25) is 0 Å². The third kappa shape index (κ3) is 4.31. The minimum Gasteiger partial charge on any atom is -0.0955 e. The minimum absolute atomic E-state index is 1.11. The normalized spacial score (nSPS) is 12.9. The maximum Gasteiger partial charge on any atom is -0.0130 e. The van der Waals surface area contributed by atoms with Crippen LogP contribution in [0, 0.1) is 13.3 Å². The van der Waals surface area contributed by atoms with Gasteiger partial charge >= 0.3 is 0 Å². The fourth-order valence-electron chi connectivity index (χ4n) is 1.51. The van der Waals surface area contributed by atoms with E-state index in [9.17, 15) is 0 Å². The van der Waals surface area contributed by atoms with Crippen molar-refractivity contribution >= 4 is 5.57 Å². The van der Waals surface area contributed by atoms with Gasteiger partial charge in [-0.1, -0.05) is 60.7 Å². The molecule has 2 rings (SSSR count). The van der Waals surface area contributed by atoms with E-state index in [1.54, 1.807) is 0 Å². The monoisotopic (exact) mass is 211 g/mol. The van der Waals surface area contributed by atoms with Crippen molar-refractivity contribution in [1.29, 1.82) is 0 Å². The summed E-state index contributed by atoms with van der Waals surface area (Å²) >= 11 is 0. The molecule has 16 heavy (non-hydrogen) atoms. The summed E-state index contributed by atoms with van der Waals surface area (Å²) in [4.78, 5) is 0. The first kappa shape index (κ1) is 12.5. The second-order valence-corrected chi connectivity index (χ2v) is 3.88. The van der Waals surface area contributed by atoms with Crippen LogP contribution in [0.4, 0.5) is 0 Å². The Morgan fingerprint density at radius 2 is 1.88 bits per heavy atom. The summed E-state index contributed by atoms with van der Waals surface area (Å²) in [6.07, 6.45) is 11.5. The van der Waals surface area contributed by atoms with E-state index in [0.29, 0.717) is 0 Å². The number of benzene rings is 1. The molecule has 0 amide bonds. The molecule has 1 aromatic rings. The molecule has 0 atom stereocenters. The zero-order valence-electron chi connectivity index (χ0n) is 10.1. The molecule has 0 heteroatoms. The van der Waals surface area contributed by atoms with Crippen molar-refractivity contribution in [2.45, 2.75) is 20.3 Å². The molecule has 83 valence electrons. The molecule has 0 spiro atoms. The number of rotatable bonds is 1. The van der Waals surface area contributed by atoms with E-state index in [2.05, 4.69) is 50.3 Å². The number of hydrogen-bond acceptors (Lipinski definition) is 0. The van der Waals surface area contributed by atoms with E-state index in [0.717, 1.165) is 12.0 Å². The third-order valence-corrected chi connectivity index (χ3v) is 2.37. The van der Waals surface area contributed by atoms with Crippen molar-refractivity contribution in [2.75, 3.05) is 0 Å². The van der Waals surface area contributed by atoms with Gasteiger partial charge in [0.05, 0.1) is 0 Å². The Hall–Kier alpha value is -1.56. The van der Waals surface area contributed by atoms with Crippen molar-refractivity contribution in [2.24, 2.45) is 0 Å². The molecule has 1 radical (unpaired) electrons. The molecule has 0 heterocycles. The van der Waals surface area contributed by atoms with Crippen molar-refractivity contribution in [1.82, 2.24) is 0 Å². The molecule has 0 unspecified atom stereocenters. The smallest absolute Gasteiger partial charge is 0.0130 e. The Morgan fingerprint density at radius 1 is 1.12 bits per heavy atom. The maximum atomic E-state index is 3.89. The zero-order chi connectivity index (χ0) is 11.8. The lowest BCUT2D eigenvalue weighted by atomic mass is 10.0. The van der Waals surface area contributed by atoms with E-state index in [1.807, 2.05) is 25.1 Å². The standard InChI is InChI=1S/C10H12.C6H7/c1-8(2)10-7-5-4-6-9(10)3;1-2-4-6-5-3-1/h4-7H,1H2,2-3H3;1-5H,6H2. The molecular weight excluding hydrogens is 192 g/mol. The molecule has 0 aromatic heterocycles. The number of allylic oxidation sites excluding steroid dienone is 5. The molecule has 0 bridgehead atoms. The Morgan fingerprint density at radius 3 is 2.19 bits per heavy atom. The number of hydrogen-bond donors (Lipinski definition) is 0. The molecule has 1 aromatic carbocycles. The topological polar surface area (TPSA) is 0 Å². The third-order valence-electron chi connectivity index (χ3n) is 2.37. The van der Waals surface area contributed by atoms with Gasteiger partial charge in [0.1, 0.15) is 0 Å². The van der Waals surface area contributed by atoms with Crippen LogP contribution in [0.15, 0.2) is 55.1 Å². The summed E-state index contributed by atoms with van der Waals surface area (Å²) in [7, 11) is 0. The van der Waals surface area contributed by atoms with Gasteiger partial charge < -0.3 is 0 Å². The molecule has 1 aliphatic rings. The Kier molecular flexibility index (Phi) is 5.35. The van der Waals surface area contributed by atoms with Gasteiger partial charge in [-0.05, 0) is 37.8 Å². The van der Waals surface area contributed by atoms with Crippen LogP contribution in [0.5, 0.6) is 0 Å². The van der Waals surface area contributed by atoms with Crippen molar-refractivity contribution in [3.05, 3.63) is 72.7 Å². The molecular formula is C16H19. The molecule has 0 aliphatic heterocycles. The molecule has 0 saturated carbocycles. The highest BCUT2D eigenvalue weighted by Gasteiger charge is 1.94. The van der Waals surface area contributed by atoms with Crippen LogP contribution >= 0.6 is 0 Å². The van der Waals surface area contributed by atoms with Gasteiger partial charge in [-0.25, -0.2) is 0 Å². The number of aryl methyl sites for hydroxylation is 1. The first-order valence-electron chi connectivity index (χ1n) is 5.58. The van der Waals surface area contributed by atoms with E-state index >= 15 is 0 Å². The zero-order valence-corrected chi connectivity index (χ0v) is 10.1. The highest BCUT2D eigenvalue weighted by atomic mass is 14.0. The lowest BCUT2D eigenvalue weighted by molar-refractivity contribution is 1.27. The van der Waals surface area contributed by atoms with E-state index in [4.69, 9.17) is 0 Å². The van der Waals surface area contributed by atoms with E-state index in [-0.39, 0.29) is 0 Å². The van der Waals surface area contributed by atoms with Gasteiger partial charge in [0.15, 0.2) is 0 Å².